The van der Waals surface area contributed by atoms with Crippen molar-refractivity contribution >= 4 is 11.6 Å². The summed E-state index contributed by atoms with van der Waals surface area (Å²) in [7, 11) is 1.65. The number of nitrogens with one attached hydrogen (secondary N) is 1. The highest BCUT2D eigenvalue weighted by molar-refractivity contribution is 5.58. The first kappa shape index (κ1) is 12.6. The third-order valence-corrected chi connectivity index (χ3v) is 2.70. The van der Waals surface area contributed by atoms with Gasteiger partial charge in [0.05, 0.1) is 6.61 Å². The molecule has 1 heterocycles. The Morgan fingerprint density at radius 1 is 1.44 bits per heavy atom. The first-order valence-electron chi connectivity index (χ1n) is 5.74. The Morgan fingerprint density at radius 3 is 3.06 bits per heavy atom. The fraction of sp³-hybridized carbons (Fsp3) is 0.308. The predicted octanol–water partition coefficient (Wildman–Crippen LogP) is 2.72. The molecule has 1 aromatic carbocycles. The van der Waals surface area contributed by atoms with Crippen molar-refractivity contribution in [3.05, 3.63) is 42.0 Å². The number of halogens is 1. The van der Waals surface area contributed by atoms with E-state index in [1.54, 1.807) is 19.4 Å². The molecule has 0 saturated heterocycles. The Morgan fingerprint density at radius 2 is 2.28 bits per heavy atom. The second kappa shape index (κ2) is 5.64. The Hall–Kier alpha value is -1.88. The Labute approximate surface area is 105 Å². The Balaban J connectivity index is 2.18. The molecule has 18 heavy (non-hydrogen) atoms. The van der Waals surface area contributed by atoms with Gasteiger partial charge in [0, 0.05) is 31.7 Å². The largest absolute Gasteiger partial charge is 0.383 e. The summed E-state index contributed by atoms with van der Waals surface area (Å²) in [5.41, 5.74) is 1.69. The van der Waals surface area contributed by atoms with Gasteiger partial charge in [-0.05, 0) is 24.6 Å². The van der Waals surface area contributed by atoms with Crippen LogP contribution in [-0.2, 0) is 11.3 Å². The molecule has 0 atom stereocenters. The van der Waals surface area contributed by atoms with E-state index in [1.165, 1.54) is 12.1 Å². The van der Waals surface area contributed by atoms with Crippen LogP contribution in [0.5, 0.6) is 0 Å². The van der Waals surface area contributed by atoms with E-state index >= 15 is 0 Å². The molecule has 0 saturated carbocycles. The van der Waals surface area contributed by atoms with Crippen molar-refractivity contribution in [3.63, 3.8) is 0 Å². The fourth-order valence-corrected chi connectivity index (χ4v) is 1.65. The van der Waals surface area contributed by atoms with E-state index in [-0.39, 0.29) is 5.82 Å². The van der Waals surface area contributed by atoms with Crippen molar-refractivity contribution in [1.82, 2.24) is 9.55 Å². The second-order valence-corrected chi connectivity index (χ2v) is 4.02. The predicted molar refractivity (Wildman–Crippen MR) is 68.5 cm³/mol. The standard InChI is InChI=1S/C13H16FN3O/c1-10-3-4-11(14)9-12(10)16-13-15-5-6-17(13)7-8-18-2/h3-6,9H,7-8H2,1-2H3,(H,15,16). The molecule has 0 fully saturated rings. The number of nitrogens with zero attached hydrogens (tertiary/aromatic N) is 2. The molecule has 96 valence electrons. The summed E-state index contributed by atoms with van der Waals surface area (Å²) in [4.78, 5) is 4.21. The topological polar surface area (TPSA) is 39.1 Å². The highest BCUT2D eigenvalue weighted by Crippen LogP contribution is 2.20. The van der Waals surface area contributed by atoms with Crippen LogP contribution in [0.15, 0.2) is 30.6 Å². The van der Waals surface area contributed by atoms with Crippen LogP contribution in [0.25, 0.3) is 0 Å². The molecule has 0 bridgehead atoms. The van der Waals surface area contributed by atoms with Gasteiger partial charge in [-0.15, -0.1) is 0 Å². The first-order chi connectivity index (χ1) is 8.70. The monoisotopic (exact) mass is 249 g/mol. The van der Waals surface area contributed by atoms with Crippen LogP contribution < -0.4 is 5.32 Å². The van der Waals surface area contributed by atoms with Crippen molar-refractivity contribution in [1.29, 1.82) is 0 Å². The quantitative estimate of drug-likeness (QED) is 0.885. The Kier molecular flexibility index (Phi) is 3.94. The van der Waals surface area contributed by atoms with Gasteiger partial charge in [-0.2, -0.15) is 0 Å². The summed E-state index contributed by atoms with van der Waals surface area (Å²) in [5.74, 6) is 0.416. The lowest BCUT2D eigenvalue weighted by Gasteiger charge is -2.11. The van der Waals surface area contributed by atoms with E-state index in [2.05, 4.69) is 10.3 Å². The maximum absolute atomic E-state index is 13.2. The summed E-state index contributed by atoms with van der Waals surface area (Å²) < 4.78 is 20.1. The summed E-state index contributed by atoms with van der Waals surface area (Å²) >= 11 is 0. The van der Waals surface area contributed by atoms with Gasteiger partial charge in [-0.25, -0.2) is 9.37 Å². The van der Waals surface area contributed by atoms with E-state index in [4.69, 9.17) is 4.74 Å². The van der Waals surface area contributed by atoms with Gasteiger partial charge >= 0.3 is 0 Å². The van der Waals surface area contributed by atoms with Crippen LogP contribution in [0.4, 0.5) is 16.0 Å². The number of anilines is 2. The van der Waals surface area contributed by atoms with Crippen LogP contribution in [-0.4, -0.2) is 23.3 Å². The average molecular weight is 249 g/mol. The van der Waals surface area contributed by atoms with Crippen molar-refractivity contribution < 1.29 is 9.13 Å². The van der Waals surface area contributed by atoms with Gasteiger partial charge in [0.15, 0.2) is 0 Å². The normalized spacial score (nSPS) is 10.6. The Bertz CT molecular complexity index is 525. The molecular weight excluding hydrogens is 233 g/mol. The van der Waals surface area contributed by atoms with E-state index in [0.29, 0.717) is 19.1 Å². The number of methoxy groups -OCH3 is 1. The summed E-state index contributed by atoms with van der Waals surface area (Å²) in [5, 5.41) is 3.13. The minimum atomic E-state index is -0.266. The van der Waals surface area contributed by atoms with Gasteiger partial charge in [-0.1, -0.05) is 6.07 Å². The van der Waals surface area contributed by atoms with Gasteiger partial charge < -0.3 is 14.6 Å². The molecule has 4 nitrogen and oxygen atoms in total. The maximum Gasteiger partial charge on any atom is 0.207 e. The van der Waals surface area contributed by atoms with Crippen LogP contribution in [0, 0.1) is 12.7 Å². The molecule has 0 aliphatic rings. The van der Waals surface area contributed by atoms with Crippen LogP contribution in [0.3, 0.4) is 0 Å². The van der Waals surface area contributed by atoms with Gasteiger partial charge in [0.2, 0.25) is 5.95 Å². The van der Waals surface area contributed by atoms with Gasteiger partial charge in [-0.3, -0.25) is 0 Å². The number of hydrogen-bond acceptors (Lipinski definition) is 3. The lowest BCUT2D eigenvalue weighted by atomic mass is 10.2. The second-order valence-electron chi connectivity index (χ2n) is 4.02. The summed E-state index contributed by atoms with van der Waals surface area (Å²) in [6.07, 6.45) is 3.56. The lowest BCUT2D eigenvalue weighted by Crippen LogP contribution is -2.07. The third kappa shape index (κ3) is 2.87. The number of imidazole rings is 1. The number of benzene rings is 1. The molecule has 5 heteroatoms. The van der Waals surface area contributed by atoms with Crippen molar-refractivity contribution in [3.8, 4) is 0 Å². The number of aryl methyl sites for hydroxylation is 1. The molecule has 0 aliphatic heterocycles. The SMILES string of the molecule is COCCn1ccnc1Nc1cc(F)ccc1C. The molecule has 0 spiro atoms. The van der Waals surface area contributed by atoms with Crippen LogP contribution in [0.2, 0.25) is 0 Å². The maximum atomic E-state index is 13.2. The molecule has 1 N–H and O–H groups in total. The zero-order chi connectivity index (χ0) is 13.0. The van der Waals surface area contributed by atoms with E-state index in [1.807, 2.05) is 17.7 Å². The van der Waals surface area contributed by atoms with Gasteiger partial charge in [0.25, 0.3) is 0 Å². The molecule has 2 rings (SSSR count). The molecule has 1 aromatic heterocycles. The van der Waals surface area contributed by atoms with Crippen molar-refractivity contribution in [2.24, 2.45) is 0 Å². The highest BCUT2D eigenvalue weighted by atomic mass is 19.1. The molecule has 0 aliphatic carbocycles. The third-order valence-electron chi connectivity index (χ3n) is 2.70. The molecular formula is C13H16FN3O. The minimum Gasteiger partial charge on any atom is -0.383 e. The fourth-order valence-electron chi connectivity index (χ4n) is 1.65. The zero-order valence-electron chi connectivity index (χ0n) is 10.5. The minimum absolute atomic E-state index is 0.266. The molecule has 0 amide bonds. The molecule has 0 radical (unpaired) electrons. The molecule has 2 aromatic rings. The number of hydrogen-bond donors (Lipinski definition) is 1. The lowest BCUT2D eigenvalue weighted by molar-refractivity contribution is 0.188. The summed E-state index contributed by atoms with van der Waals surface area (Å²) in [6.45, 7) is 3.23. The van der Waals surface area contributed by atoms with Crippen molar-refractivity contribution in [2.45, 2.75) is 13.5 Å². The van der Waals surface area contributed by atoms with E-state index in [0.717, 1.165) is 11.3 Å². The summed E-state index contributed by atoms with van der Waals surface area (Å²) in [6, 6.07) is 4.64. The zero-order valence-corrected chi connectivity index (χ0v) is 10.5. The highest BCUT2D eigenvalue weighted by Gasteiger charge is 2.05. The molecule has 0 unspecified atom stereocenters. The van der Waals surface area contributed by atoms with Crippen molar-refractivity contribution in [2.75, 3.05) is 19.0 Å². The van der Waals surface area contributed by atoms with E-state index < -0.39 is 0 Å². The van der Waals surface area contributed by atoms with Crippen LogP contribution >= 0.6 is 0 Å². The number of rotatable bonds is 5. The first-order valence-corrected chi connectivity index (χ1v) is 5.74. The van der Waals surface area contributed by atoms with E-state index in [9.17, 15) is 4.39 Å². The number of ether oxygens (including phenoxy) is 1. The van der Waals surface area contributed by atoms with Gasteiger partial charge in [0.1, 0.15) is 5.82 Å². The van der Waals surface area contributed by atoms with Crippen LogP contribution in [0.1, 0.15) is 5.56 Å². The number of aromatic nitrogens is 2. The smallest absolute Gasteiger partial charge is 0.207 e. The average Bonchev–Trinajstić information content (AvgIpc) is 2.79.